The molecule has 27 heavy (non-hydrogen) atoms. The molecule has 0 saturated carbocycles. The van der Waals surface area contributed by atoms with E-state index in [1.807, 2.05) is 6.07 Å². The third-order valence-electron chi connectivity index (χ3n) is 3.73. The number of anilines is 1. The van der Waals surface area contributed by atoms with Crippen molar-refractivity contribution in [3.8, 4) is 0 Å². The van der Waals surface area contributed by atoms with Crippen LogP contribution in [0.2, 0.25) is 0 Å². The van der Waals surface area contributed by atoms with E-state index in [0.717, 1.165) is 22.1 Å². The molecule has 0 aliphatic heterocycles. The number of nitrogens with zero attached hydrogens (tertiary/aromatic N) is 1. The Labute approximate surface area is 173 Å². The van der Waals surface area contributed by atoms with Gasteiger partial charge in [-0.25, -0.2) is 8.42 Å². The van der Waals surface area contributed by atoms with E-state index in [4.69, 9.17) is 0 Å². The first-order chi connectivity index (χ1) is 12.8. The van der Waals surface area contributed by atoms with Gasteiger partial charge in [-0.3, -0.25) is 9.10 Å². The maximum atomic E-state index is 12.2. The molecule has 146 valence electrons. The highest BCUT2D eigenvalue weighted by Crippen LogP contribution is 2.27. The molecule has 2 aromatic carbocycles. The zero-order valence-corrected chi connectivity index (χ0v) is 18.5. The fourth-order valence-corrected chi connectivity index (χ4v) is 4.77. The Morgan fingerprint density at radius 3 is 2.59 bits per heavy atom. The standard InChI is InChI=1S/C19H23BrN2O3S2/c1-15-6-5-7-16(12-15)14-26-11-10-21-19(23)13-22(27(2,24)25)18-9-4-3-8-17(18)20/h3-9,12H,10-11,13-14H2,1-2H3,(H,21,23). The van der Waals surface area contributed by atoms with Crippen LogP contribution in [-0.2, 0) is 20.6 Å². The minimum Gasteiger partial charge on any atom is -0.354 e. The summed E-state index contributed by atoms with van der Waals surface area (Å²) in [6.07, 6.45) is 1.09. The van der Waals surface area contributed by atoms with Crippen LogP contribution in [0.1, 0.15) is 11.1 Å². The number of amides is 1. The van der Waals surface area contributed by atoms with Crippen molar-refractivity contribution in [3.63, 3.8) is 0 Å². The number of thioether (sulfide) groups is 1. The van der Waals surface area contributed by atoms with Gasteiger partial charge in [0.05, 0.1) is 11.9 Å². The summed E-state index contributed by atoms with van der Waals surface area (Å²) in [5.41, 5.74) is 2.93. The van der Waals surface area contributed by atoms with Crippen LogP contribution in [0.4, 0.5) is 5.69 Å². The summed E-state index contributed by atoms with van der Waals surface area (Å²) in [7, 11) is -3.57. The smallest absolute Gasteiger partial charge is 0.240 e. The molecule has 2 aromatic rings. The van der Waals surface area contributed by atoms with Crippen molar-refractivity contribution >= 4 is 49.3 Å². The summed E-state index contributed by atoms with van der Waals surface area (Å²) in [6, 6.07) is 15.3. The number of benzene rings is 2. The molecule has 0 saturated heterocycles. The van der Waals surface area contributed by atoms with Gasteiger partial charge in [0, 0.05) is 22.5 Å². The molecule has 0 spiro atoms. The number of hydrogen-bond acceptors (Lipinski definition) is 4. The van der Waals surface area contributed by atoms with E-state index in [1.165, 1.54) is 11.1 Å². The first-order valence-corrected chi connectivity index (χ1v) is 12.2. The van der Waals surface area contributed by atoms with Gasteiger partial charge in [0.2, 0.25) is 15.9 Å². The lowest BCUT2D eigenvalue weighted by molar-refractivity contribution is -0.119. The van der Waals surface area contributed by atoms with Crippen LogP contribution in [0, 0.1) is 6.92 Å². The Balaban J connectivity index is 1.83. The van der Waals surface area contributed by atoms with Gasteiger partial charge in [0.15, 0.2) is 0 Å². The molecule has 0 atom stereocenters. The highest BCUT2D eigenvalue weighted by atomic mass is 79.9. The summed E-state index contributed by atoms with van der Waals surface area (Å²) in [5.74, 6) is 1.31. The first-order valence-electron chi connectivity index (χ1n) is 8.39. The second kappa shape index (κ2) is 10.1. The molecule has 0 aliphatic rings. The lowest BCUT2D eigenvalue weighted by atomic mass is 10.2. The topological polar surface area (TPSA) is 66.5 Å². The molecular formula is C19H23BrN2O3S2. The summed E-state index contributed by atoms with van der Waals surface area (Å²) in [4.78, 5) is 12.2. The Bertz CT molecular complexity index is 888. The van der Waals surface area contributed by atoms with E-state index in [-0.39, 0.29) is 12.5 Å². The molecule has 0 aliphatic carbocycles. The van der Waals surface area contributed by atoms with E-state index in [1.54, 1.807) is 36.0 Å². The molecule has 0 radical (unpaired) electrons. The molecule has 5 nitrogen and oxygen atoms in total. The highest BCUT2D eigenvalue weighted by Gasteiger charge is 2.22. The molecule has 2 rings (SSSR count). The summed E-state index contributed by atoms with van der Waals surface area (Å²) < 4.78 is 25.9. The second-order valence-electron chi connectivity index (χ2n) is 6.11. The summed E-state index contributed by atoms with van der Waals surface area (Å²) in [6.45, 7) is 2.31. The lowest BCUT2D eigenvalue weighted by Crippen LogP contribution is -2.41. The number of sulfonamides is 1. The summed E-state index contributed by atoms with van der Waals surface area (Å²) in [5, 5.41) is 2.79. The molecule has 1 amide bonds. The van der Waals surface area contributed by atoms with Crippen molar-refractivity contribution in [1.29, 1.82) is 0 Å². The van der Waals surface area contributed by atoms with Gasteiger partial charge in [0.1, 0.15) is 6.54 Å². The molecule has 1 N–H and O–H groups in total. The van der Waals surface area contributed by atoms with E-state index >= 15 is 0 Å². The number of rotatable bonds is 9. The van der Waals surface area contributed by atoms with Crippen LogP contribution < -0.4 is 9.62 Å². The molecular weight excluding hydrogens is 448 g/mol. The van der Waals surface area contributed by atoms with Crippen LogP contribution in [0.25, 0.3) is 0 Å². The lowest BCUT2D eigenvalue weighted by Gasteiger charge is -2.23. The monoisotopic (exact) mass is 470 g/mol. The Kier molecular flexibility index (Phi) is 8.19. The van der Waals surface area contributed by atoms with Gasteiger partial charge in [-0.05, 0) is 40.5 Å². The fraction of sp³-hybridized carbons (Fsp3) is 0.316. The Morgan fingerprint density at radius 2 is 1.93 bits per heavy atom. The number of para-hydroxylation sites is 1. The Hall–Kier alpha value is -1.51. The predicted octanol–water partition coefficient (Wildman–Crippen LogP) is 3.57. The van der Waals surface area contributed by atoms with Crippen molar-refractivity contribution in [2.45, 2.75) is 12.7 Å². The quantitative estimate of drug-likeness (QED) is 0.568. The van der Waals surface area contributed by atoms with E-state index in [0.29, 0.717) is 16.7 Å². The van der Waals surface area contributed by atoms with E-state index in [9.17, 15) is 13.2 Å². The van der Waals surface area contributed by atoms with Crippen LogP contribution >= 0.6 is 27.7 Å². The zero-order valence-electron chi connectivity index (χ0n) is 15.3. The molecule has 0 bridgehead atoms. The number of aryl methyl sites for hydroxylation is 1. The van der Waals surface area contributed by atoms with Crippen molar-refractivity contribution in [1.82, 2.24) is 5.32 Å². The minimum atomic E-state index is -3.57. The third-order valence-corrected chi connectivity index (χ3v) is 6.56. The van der Waals surface area contributed by atoms with Crippen molar-refractivity contribution in [2.75, 3.05) is 29.4 Å². The van der Waals surface area contributed by atoms with Gasteiger partial charge in [-0.2, -0.15) is 11.8 Å². The normalized spacial score (nSPS) is 11.2. The second-order valence-corrected chi connectivity index (χ2v) is 9.98. The van der Waals surface area contributed by atoms with Crippen LogP contribution in [-0.4, -0.2) is 39.4 Å². The van der Waals surface area contributed by atoms with Gasteiger partial charge in [-0.15, -0.1) is 0 Å². The first kappa shape index (κ1) is 21.8. The maximum absolute atomic E-state index is 12.2. The zero-order chi connectivity index (χ0) is 19.9. The third kappa shape index (κ3) is 7.20. The number of halogens is 1. The van der Waals surface area contributed by atoms with Gasteiger partial charge < -0.3 is 5.32 Å². The van der Waals surface area contributed by atoms with E-state index < -0.39 is 10.0 Å². The molecule has 0 fully saturated rings. The van der Waals surface area contributed by atoms with Gasteiger partial charge >= 0.3 is 0 Å². The number of carbonyl (C=O) groups excluding carboxylic acids is 1. The van der Waals surface area contributed by atoms with Crippen molar-refractivity contribution < 1.29 is 13.2 Å². The molecule has 0 unspecified atom stereocenters. The molecule has 0 heterocycles. The average Bonchev–Trinajstić information content (AvgIpc) is 2.59. The largest absolute Gasteiger partial charge is 0.354 e. The maximum Gasteiger partial charge on any atom is 0.240 e. The number of nitrogens with one attached hydrogen (secondary N) is 1. The van der Waals surface area contributed by atoms with Crippen LogP contribution in [0.3, 0.4) is 0 Å². The van der Waals surface area contributed by atoms with Gasteiger partial charge in [0.25, 0.3) is 0 Å². The predicted molar refractivity (Wildman–Crippen MR) is 117 cm³/mol. The van der Waals surface area contributed by atoms with Crippen molar-refractivity contribution in [2.24, 2.45) is 0 Å². The molecule has 8 heteroatoms. The average molecular weight is 471 g/mol. The van der Waals surface area contributed by atoms with E-state index in [2.05, 4.69) is 46.4 Å². The minimum absolute atomic E-state index is 0.246. The Morgan fingerprint density at radius 1 is 1.19 bits per heavy atom. The molecule has 0 aromatic heterocycles. The summed E-state index contributed by atoms with van der Waals surface area (Å²) >= 11 is 5.06. The van der Waals surface area contributed by atoms with Crippen LogP contribution in [0.15, 0.2) is 53.0 Å². The SMILES string of the molecule is Cc1cccc(CSCCNC(=O)CN(c2ccccc2Br)S(C)(=O)=O)c1. The van der Waals surface area contributed by atoms with Gasteiger partial charge in [-0.1, -0.05) is 42.0 Å². The highest BCUT2D eigenvalue weighted by molar-refractivity contribution is 9.10. The number of carbonyl (C=O) groups is 1. The number of hydrogen-bond donors (Lipinski definition) is 1. The van der Waals surface area contributed by atoms with Crippen molar-refractivity contribution in [3.05, 3.63) is 64.1 Å². The van der Waals surface area contributed by atoms with Crippen LogP contribution in [0.5, 0.6) is 0 Å². The fourth-order valence-electron chi connectivity index (χ4n) is 2.48.